The summed E-state index contributed by atoms with van der Waals surface area (Å²) >= 11 is 0. The van der Waals surface area contributed by atoms with Crippen LogP contribution in [0.3, 0.4) is 0 Å². The zero-order valence-electron chi connectivity index (χ0n) is 12.2. The average Bonchev–Trinajstić information content (AvgIpc) is 2.49. The molecule has 1 amide bonds. The van der Waals surface area contributed by atoms with Crippen molar-refractivity contribution >= 4 is 5.91 Å². The first-order valence-electron chi connectivity index (χ1n) is 6.80. The van der Waals surface area contributed by atoms with Crippen LogP contribution >= 0.6 is 0 Å². The average molecular weight is 281 g/mol. The number of aliphatic hydroxyl groups excluding tert-OH is 1. The molecule has 20 heavy (non-hydrogen) atoms. The number of ether oxygens (including phenoxy) is 2. The summed E-state index contributed by atoms with van der Waals surface area (Å²) in [4.78, 5) is 13.5. The molecule has 1 aromatic carbocycles. The summed E-state index contributed by atoms with van der Waals surface area (Å²) in [6, 6.07) is 7.69. The van der Waals surface area contributed by atoms with E-state index in [0.717, 1.165) is 6.42 Å². The van der Waals surface area contributed by atoms with E-state index < -0.39 is 0 Å². The molecule has 5 heteroatoms. The van der Waals surface area contributed by atoms with Crippen LogP contribution in [0.4, 0.5) is 0 Å². The smallest absolute Gasteiger partial charge is 0.260 e. The Labute approximate surface area is 120 Å². The van der Waals surface area contributed by atoms with Gasteiger partial charge in [-0.2, -0.15) is 0 Å². The number of hydrogen-bond donors (Lipinski definition) is 1. The molecule has 1 N–H and O–H groups in total. The van der Waals surface area contributed by atoms with E-state index in [9.17, 15) is 4.79 Å². The molecule has 5 nitrogen and oxygen atoms in total. The zero-order valence-corrected chi connectivity index (χ0v) is 12.2. The number of carbonyl (C=O) groups is 1. The van der Waals surface area contributed by atoms with Crippen LogP contribution in [0.15, 0.2) is 24.3 Å². The van der Waals surface area contributed by atoms with E-state index in [4.69, 9.17) is 14.6 Å². The molecule has 0 aliphatic heterocycles. The largest absolute Gasteiger partial charge is 0.484 e. The second-order valence-electron chi connectivity index (χ2n) is 4.39. The minimum atomic E-state index is -0.155. The van der Waals surface area contributed by atoms with Crippen molar-refractivity contribution in [3.05, 3.63) is 29.8 Å². The summed E-state index contributed by atoms with van der Waals surface area (Å²) in [5.41, 5.74) is 1.17. The first-order chi connectivity index (χ1) is 9.71. The Kier molecular flexibility index (Phi) is 7.69. The monoisotopic (exact) mass is 281 g/mol. The molecular formula is C15H23NO4. The first-order valence-corrected chi connectivity index (χ1v) is 6.80. The van der Waals surface area contributed by atoms with Crippen molar-refractivity contribution < 1.29 is 19.4 Å². The van der Waals surface area contributed by atoms with Gasteiger partial charge < -0.3 is 19.5 Å². The van der Waals surface area contributed by atoms with E-state index in [2.05, 4.69) is 6.92 Å². The van der Waals surface area contributed by atoms with Crippen molar-refractivity contribution in [3.63, 3.8) is 0 Å². The van der Waals surface area contributed by atoms with Crippen molar-refractivity contribution in [2.45, 2.75) is 13.3 Å². The number of methoxy groups -OCH3 is 1. The summed E-state index contributed by atoms with van der Waals surface area (Å²) in [5, 5.41) is 8.96. The first kappa shape index (κ1) is 16.5. The number of aryl methyl sites for hydroxylation is 1. The molecule has 0 saturated carbocycles. The SMILES string of the molecule is CCc1cccc(OCC(=O)N(CCO)CCOC)c1. The van der Waals surface area contributed by atoms with Gasteiger partial charge in [0.05, 0.1) is 13.2 Å². The summed E-state index contributed by atoms with van der Waals surface area (Å²) in [6.07, 6.45) is 0.926. The third-order valence-corrected chi connectivity index (χ3v) is 2.96. The van der Waals surface area contributed by atoms with Crippen LogP contribution in [0.1, 0.15) is 12.5 Å². The lowest BCUT2D eigenvalue weighted by molar-refractivity contribution is -0.134. The molecule has 0 spiro atoms. The van der Waals surface area contributed by atoms with Crippen LogP contribution in [0.25, 0.3) is 0 Å². The van der Waals surface area contributed by atoms with Crippen molar-refractivity contribution in [1.29, 1.82) is 0 Å². The van der Waals surface area contributed by atoms with Crippen LogP contribution in [0.2, 0.25) is 0 Å². The number of benzene rings is 1. The highest BCUT2D eigenvalue weighted by Gasteiger charge is 2.13. The number of amides is 1. The Morgan fingerprint density at radius 2 is 2.15 bits per heavy atom. The predicted octanol–water partition coefficient (Wildman–Crippen LogP) is 1.10. The molecule has 0 aromatic heterocycles. The van der Waals surface area contributed by atoms with Crippen LogP contribution in [-0.2, 0) is 16.0 Å². The van der Waals surface area contributed by atoms with Crippen molar-refractivity contribution in [2.75, 3.05) is 40.0 Å². The Morgan fingerprint density at radius 3 is 2.80 bits per heavy atom. The Balaban J connectivity index is 2.50. The minimum absolute atomic E-state index is 0.0309. The van der Waals surface area contributed by atoms with E-state index >= 15 is 0 Å². The molecule has 1 rings (SSSR count). The fourth-order valence-electron chi connectivity index (χ4n) is 1.77. The van der Waals surface area contributed by atoms with Gasteiger partial charge in [0.2, 0.25) is 0 Å². The number of rotatable bonds is 9. The van der Waals surface area contributed by atoms with Crippen molar-refractivity contribution in [2.24, 2.45) is 0 Å². The van der Waals surface area contributed by atoms with Gasteiger partial charge in [0.15, 0.2) is 6.61 Å². The van der Waals surface area contributed by atoms with E-state index in [1.54, 1.807) is 7.11 Å². The second kappa shape index (κ2) is 9.34. The molecule has 0 aliphatic rings. The fourth-order valence-corrected chi connectivity index (χ4v) is 1.77. The van der Waals surface area contributed by atoms with Gasteiger partial charge in [-0.05, 0) is 24.1 Å². The summed E-state index contributed by atoms with van der Waals surface area (Å²) < 4.78 is 10.4. The van der Waals surface area contributed by atoms with Gasteiger partial charge in [-0.25, -0.2) is 0 Å². The lowest BCUT2D eigenvalue weighted by Crippen LogP contribution is -2.39. The third kappa shape index (κ3) is 5.59. The van der Waals surface area contributed by atoms with Crippen LogP contribution < -0.4 is 4.74 Å². The predicted molar refractivity (Wildman–Crippen MR) is 76.9 cm³/mol. The molecule has 112 valence electrons. The molecule has 0 heterocycles. The van der Waals surface area contributed by atoms with E-state index in [0.29, 0.717) is 25.4 Å². The highest BCUT2D eigenvalue weighted by Crippen LogP contribution is 2.13. The van der Waals surface area contributed by atoms with Gasteiger partial charge in [0.1, 0.15) is 5.75 Å². The number of carbonyl (C=O) groups excluding carboxylic acids is 1. The summed E-state index contributed by atoms with van der Waals surface area (Å²) in [6.45, 7) is 3.15. The van der Waals surface area contributed by atoms with E-state index in [1.807, 2.05) is 24.3 Å². The summed E-state index contributed by atoms with van der Waals surface area (Å²) in [5.74, 6) is 0.534. The number of aliphatic hydroxyl groups is 1. The van der Waals surface area contributed by atoms with E-state index in [1.165, 1.54) is 10.5 Å². The van der Waals surface area contributed by atoms with Gasteiger partial charge in [-0.1, -0.05) is 19.1 Å². The molecule has 1 aromatic rings. The highest BCUT2D eigenvalue weighted by molar-refractivity contribution is 5.77. The Morgan fingerprint density at radius 1 is 1.35 bits per heavy atom. The molecule has 0 bridgehead atoms. The van der Waals surface area contributed by atoms with Crippen LogP contribution in [0, 0.1) is 0 Å². The molecule has 0 aliphatic carbocycles. The standard InChI is InChI=1S/C15H23NO4/c1-3-13-5-4-6-14(11-13)20-12-15(18)16(7-9-17)8-10-19-2/h4-6,11,17H,3,7-10,12H2,1-2H3. The molecule has 0 unspecified atom stereocenters. The van der Waals surface area contributed by atoms with Gasteiger partial charge >= 0.3 is 0 Å². The normalized spacial score (nSPS) is 10.3. The fraction of sp³-hybridized carbons (Fsp3) is 0.533. The Hall–Kier alpha value is -1.59. The van der Waals surface area contributed by atoms with Crippen molar-refractivity contribution in [3.8, 4) is 5.75 Å². The Bertz CT molecular complexity index is 409. The molecule has 0 fully saturated rings. The lowest BCUT2D eigenvalue weighted by Gasteiger charge is -2.21. The maximum Gasteiger partial charge on any atom is 0.260 e. The van der Waals surface area contributed by atoms with Gasteiger partial charge in [0.25, 0.3) is 5.91 Å². The topological polar surface area (TPSA) is 59.0 Å². The second-order valence-corrected chi connectivity index (χ2v) is 4.39. The molecular weight excluding hydrogens is 258 g/mol. The molecule has 0 atom stereocenters. The quantitative estimate of drug-likeness (QED) is 0.736. The van der Waals surface area contributed by atoms with Crippen molar-refractivity contribution in [1.82, 2.24) is 4.90 Å². The number of hydrogen-bond acceptors (Lipinski definition) is 4. The maximum atomic E-state index is 12.0. The summed E-state index contributed by atoms with van der Waals surface area (Å²) in [7, 11) is 1.58. The van der Waals surface area contributed by atoms with Gasteiger partial charge in [0, 0.05) is 20.2 Å². The van der Waals surface area contributed by atoms with E-state index in [-0.39, 0.29) is 19.1 Å². The maximum absolute atomic E-state index is 12.0. The van der Waals surface area contributed by atoms with Crippen LogP contribution in [-0.4, -0.2) is 55.9 Å². The zero-order chi connectivity index (χ0) is 14.8. The minimum Gasteiger partial charge on any atom is -0.484 e. The number of nitrogens with zero attached hydrogens (tertiary/aromatic N) is 1. The van der Waals surface area contributed by atoms with Crippen LogP contribution in [0.5, 0.6) is 5.75 Å². The van der Waals surface area contributed by atoms with Gasteiger partial charge in [-0.3, -0.25) is 4.79 Å². The van der Waals surface area contributed by atoms with Gasteiger partial charge in [-0.15, -0.1) is 0 Å². The molecule has 0 saturated heterocycles. The highest BCUT2D eigenvalue weighted by atomic mass is 16.5. The third-order valence-electron chi connectivity index (χ3n) is 2.96. The lowest BCUT2D eigenvalue weighted by atomic mass is 10.2. The molecule has 0 radical (unpaired) electrons.